The van der Waals surface area contributed by atoms with E-state index >= 15 is 0 Å². The van der Waals surface area contributed by atoms with Crippen LogP contribution in [0.1, 0.15) is 30.5 Å². The number of benzene rings is 2. The van der Waals surface area contributed by atoms with Crippen LogP contribution < -0.4 is 20.3 Å². The Kier molecular flexibility index (Phi) is 6.20. The highest BCUT2D eigenvalue weighted by Crippen LogP contribution is 2.44. The number of nitrogens with one attached hydrogen (secondary N) is 2. The first-order chi connectivity index (χ1) is 17.0. The minimum absolute atomic E-state index is 0.191. The van der Waals surface area contributed by atoms with Gasteiger partial charge in [0.2, 0.25) is 5.91 Å². The van der Waals surface area contributed by atoms with E-state index in [4.69, 9.17) is 21.4 Å². The second kappa shape index (κ2) is 9.60. The van der Waals surface area contributed by atoms with Crippen LogP contribution in [0.4, 0.5) is 11.4 Å². The summed E-state index contributed by atoms with van der Waals surface area (Å²) in [5, 5.41) is 6.79. The smallest absolute Gasteiger partial charge is 0.221 e. The number of anilines is 2. The largest absolute Gasteiger partial charge is 0.495 e. The molecule has 0 aliphatic carbocycles. The fourth-order valence-electron chi connectivity index (χ4n) is 4.32. The van der Waals surface area contributed by atoms with E-state index < -0.39 is 0 Å². The lowest BCUT2D eigenvalue weighted by Crippen LogP contribution is -2.29. The first-order valence-electron chi connectivity index (χ1n) is 11.2. The fourth-order valence-corrected chi connectivity index (χ4v) is 4.67. The summed E-state index contributed by atoms with van der Waals surface area (Å²) in [6.07, 6.45) is 1.76. The summed E-state index contributed by atoms with van der Waals surface area (Å²) in [5.41, 5.74) is 3.18. The second-order valence-corrected chi connectivity index (χ2v) is 8.52. The molecule has 2 atom stereocenters. The van der Waals surface area contributed by atoms with E-state index in [1.165, 1.54) is 6.92 Å². The number of furan rings is 1. The molecule has 3 heterocycles. The van der Waals surface area contributed by atoms with Gasteiger partial charge in [0.05, 0.1) is 24.5 Å². The molecule has 1 amide bonds. The lowest BCUT2D eigenvalue weighted by molar-refractivity contribution is -0.114. The van der Waals surface area contributed by atoms with Gasteiger partial charge in [0.1, 0.15) is 23.3 Å². The summed E-state index contributed by atoms with van der Waals surface area (Å²) in [6, 6.07) is 24.7. The molecule has 0 radical (unpaired) electrons. The summed E-state index contributed by atoms with van der Waals surface area (Å²) < 4.78 is 11.8. The number of nitrogens with zero attached hydrogens (tertiary/aromatic N) is 2. The van der Waals surface area contributed by atoms with Gasteiger partial charge in [-0.15, -0.1) is 0 Å². The van der Waals surface area contributed by atoms with Gasteiger partial charge < -0.3 is 24.7 Å². The Morgan fingerprint density at radius 2 is 1.89 bits per heavy atom. The zero-order valence-electron chi connectivity index (χ0n) is 19.3. The topological polar surface area (TPSA) is 79.6 Å². The van der Waals surface area contributed by atoms with E-state index in [2.05, 4.69) is 15.6 Å². The molecule has 0 spiro atoms. The first-order valence-corrected chi connectivity index (χ1v) is 11.6. The van der Waals surface area contributed by atoms with Gasteiger partial charge in [-0.3, -0.25) is 9.78 Å². The summed E-state index contributed by atoms with van der Waals surface area (Å²) in [5.74, 6) is 1.88. The van der Waals surface area contributed by atoms with Crippen molar-refractivity contribution in [3.8, 4) is 17.1 Å². The van der Waals surface area contributed by atoms with Crippen LogP contribution in [0.3, 0.4) is 0 Å². The number of rotatable bonds is 6. The monoisotopic (exact) mass is 484 g/mol. The van der Waals surface area contributed by atoms with E-state index in [0.717, 1.165) is 28.5 Å². The van der Waals surface area contributed by atoms with Crippen LogP contribution in [-0.2, 0) is 4.79 Å². The van der Waals surface area contributed by atoms with Crippen molar-refractivity contribution in [3.05, 3.63) is 96.5 Å². The molecule has 1 fully saturated rings. The Labute approximate surface area is 208 Å². The minimum atomic E-state index is -0.312. The number of thiocarbonyl (C=S) groups is 1. The molecule has 0 saturated carbocycles. The molecular formula is C27H24N4O3S. The lowest BCUT2D eigenvalue weighted by atomic mass is 10.0. The number of ether oxygens (including phenoxy) is 1. The Bertz CT molecular complexity index is 1360. The third-order valence-corrected chi connectivity index (χ3v) is 6.16. The standard InChI is InChI=1S/C27H24N4O3S/c1-17(32)29-21-16-19(11-12-23(21)33-2)31-26(25(30-27(31)35)20-10-6-7-15-28-20)24-14-13-22(34-24)18-8-4-3-5-9-18/h3-16,25-26H,1-2H3,(H,29,32)(H,30,35)/t25-,26+/m0/s1. The van der Waals surface area contributed by atoms with Crippen LogP contribution >= 0.6 is 12.2 Å². The highest BCUT2D eigenvalue weighted by molar-refractivity contribution is 7.80. The van der Waals surface area contributed by atoms with Crippen molar-refractivity contribution < 1.29 is 13.9 Å². The van der Waals surface area contributed by atoms with Gasteiger partial charge in [-0.25, -0.2) is 0 Å². The Hall–Kier alpha value is -4.17. The highest BCUT2D eigenvalue weighted by Gasteiger charge is 2.42. The van der Waals surface area contributed by atoms with Crippen molar-refractivity contribution in [2.24, 2.45) is 0 Å². The van der Waals surface area contributed by atoms with Gasteiger partial charge in [0.15, 0.2) is 5.11 Å². The highest BCUT2D eigenvalue weighted by atomic mass is 32.1. The summed E-state index contributed by atoms with van der Waals surface area (Å²) in [7, 11) is 1.57. The van der Waals surface area contributed by atoms with Crippen LogP contribution in [-0.4, -0.2) is 23.1 Å². The number of hydrogen-bond acceptors (Lipinski definition) is 5. The summed E-state index contributed by atoms with van der Waals surface area (Å²) in [6.45, 7) is 1.46. The van der Waals surface area contributed by atoms with Gasteiger partial charge in [-0.05, 0) is 54.7 Å². The molecule has 2 N–H and O–H groups in total. The van der Waals surface area contributed by atoms with E-state index in [1.54, 1.807) is 13.3 Å². The molecule has 8 heteroatoms. The van der Waals surface area contributed by atoms with Crippen LogP contribution in [0.2, 0.25) is 0 Å². The van der Waals surface area contributed by atoms with Crippen molar-refractivity contribution in [1.82, 2.24) is 10.3 Å². The molecule has 0 bridgehead atoms. The Morgan fingerprint density at radius 3 is 2.60 bits per heavy atom. The predicted octanol–water partition coefficient (Wildman–Crippen LogP) is 5.49. The second-order valence-electron chi connectivity index (χ2n) is 8.13. The molecular weight excluding hydrogens is 460 g/mol. The maximum absolute atomic E-state index is 11.8. The van der Waals surface area contributed by atoms with Crippen LogP contribution in [0.15, 0.2) is 89.5 Å². The van der Waals surface area contributed by atoms with Crippen LogP contribution in [0.5, 0.6) is 5.75 Å². The molecule has 1 aliphatic rings. The maximum atomic E-state index is 11.8. The van der Waals surface area contributed by atoms with Crippen LogP contribution in [0, 0.1) is 0 Å². The van der Waals surface area contributed by atoms with Gasteiger partial charge in [0.25, 0.3) is 0 Å². The van der Waals surface area contributed by atoms with Crippen molar-refractivity contribution in [2.45, 2.75) is 19.0 Å². The number of carbonyl (C=O) groups is 1. The molecule has 2 aromatic heterocycles. The predicted molar refractivity (Wildman–Crippen MR) is 139 cm³/mol. The minimum Gasteiger partial charge on any atom is -0.495 e. The molecule has 4 aromatic rings. The zero-order chi connectivity index (χ0) is 24.4. The average molecular weight is 485 g/mol. The van der Waals surface area contributed by atoms with Crippen molar-refractivity contribution >= 4 is 34.6 Å². The SMILES string of the molecule is COc1ccc(N2C(=S)N[C@@H](c3ccccn3)[C@H]2c2ccc(-c3ccccc3)o2)cc1NC(C)=O. The molecule has 1 saturated heterocycles. The first kappa shape index (κ1) is 22.6. The molecule has 176 valence electrons. The number of methoxy groups -OCH3 is 1. The lowest BCUT2D eigenvalue weighted by Gasteiger charge is -2.27. The number of pyridine rings is 1. The third kappa shape index (κ3) is 4.48. The van der Waals surface area contributed by atoms with E-state index in [-0.39, 0.29) is 18.0 Å². The maximum Gasteiger partial charge on any atom is 0.221 e. The Morgan fingerprint density at radius 1 is 1.09 bits per heavy atom. The van der Waals surface area contributed by atoms with E-state index in [1.807, 2.05) is 83.8 Å². The van der Waals surface area contributed by atoms with Crippen LogP contribution in [0.25, 0.3) is 11.3 Å². The third-order valence-electron chi connectivity index (χ3n) is 5.85. The van der Waals surface area contributed by atoms with Gasteiger partial charge >= 0.3 is 0 Å². The number of aromatic nitrogens is 1. The normalized spacial score (nSPS) is 17.2. The summed E-state index contributed by atoms with van der Waals surface area (Å²) >= 11 is 5.80. The number of amides is 1. The Balaban J connectivity index is 1.60. The van der Waals surface area contributed by atoms with E-state index in [0.29, 0.717) is 16.5 Å². The van der Waals surface area contributed by atoms with Crippen molar-refractivity contribution in [3.63, 3.8) is 0 Å². The van der Waals surface area contributed by atoms with Crippen molar-refractivity contribution in [1.29, 1.82) is 0 Å². The van der Waals surface area contributed by atoms with Crippen molar-refractivity contribution in [2.75, 3.05) is 17.3 Å². The van der Waals surface area contributed by atoms with E-state index in [9.17, 15) is 4.79 Å². The number of hydrogen-bond donors (Lipinski definition) is 2. The fraction of sp³-hybridized carbons (Fsp3) is 0.148. The van der Waals surface area contributed by atoms with Gasteiger partial charge in [-0.2, -0.15) is 0 Å². The molecule has 0 unspecified atom stereocenters. The summed E-state index contributed by atoms with van der Waals surface area (Å²) in [4.78, 5) is 18.4. The molecule has 35 heavy (non-hydrogen) atoms. The quantitative estimate of drug-likeness (QED) is 0.351. The molecule has 7 nitrogen and oxygen atoms in total. The zero-order valence-corrected chi connectivity index (χ0v) is 20.1. The number of carbonyl (C=O) groups excluding carboxylic acids is 1. The molecule has 5 rings (SSSR count). The average Bonchev–Trinajstić information content (AvgIpc) is 3.49. The van der Waals surface area contributed by atoms with Gasteiger partial charge in [0, 0.05) is 24.4 Å². The van der Waals surface area contributed by atoms with Gasteiger partial charge in [-0.1, -0.05) is 36.4 Å². The molecule has 1 aliphatic heterocycles. The molecule has 2 aromatic carbocycles.